The molecule has 1 unspecified atom stereocenters. The van der Waals surface area contributed by atoms with Gasteiger partial charge in [-0.05, 0) is 31.8 Å². The maximum atomic E-state index is 5.23. The SMILES string of the molecule is Cc1noc(C2CCC3=C(CC=N3)C2)n1. The van der Waals surface area contributed by atoms with Gasteiger partial charge in [-0.3, -0.25) is 4.99 Å². The summed E-state index contributed by atoms with van der Waals surface area (Å²) in [6, 6.07) is 0. The molecule has 0 radical (unpaired) electrons. The molecule has 0 spiro atoms. The van der Waals surface area contributed by atoms with E-state index in [1.165, 1.54) is 11.3 Å². The van der Waals surface area contributed by atoms with Gasteiger partial charge in [0.15, 0.2) is 5.82 Å². The minimum Gasteiger partial charge on any atom is -0.339 e. The van der Waals surface area contributed by atoms with E-state index in [9.17, 15) is 0 Å². The molecule has 15 heavy (non-hydrogen) atoms. The molecular formula is C11H13N3O. The van der Waals surface area contributed by atoms with E-state index in [1.807, 2.05) is 13.1 Å². The second kappa shape index (κ2) is 3.29. The molecule has 0 saturated carbocycles. The van der Waals surface area contributed by atoms with Gasteiger partial charge in [-0.1, -0.05) is 5.16 Å². The van der Waals surface area contributed by atoms with Crippen molar-refractivity contribution in [3.63, 3.8) is 0 Å². The first kappa shape index (κ1) is 8.83. The van der Waals surface area contributed by atoms with Crippen molar-refractivity contribution in [1.29, 1.82) is 0 Å². The summed E-state index contributed by atoms with van der Waals surface area (Å²) in [5.74, 6) is 1.94. The number of rotatable bonds is 1. The molecular weight excluding hydrogens is 190 g/mol. The van der Waals surface area contributed by atoms with Crippen molar-refractivity contribution in [3.05, 3.63) is 23.0 Å². The van der Waals surface area contributed by atoms with Gasteiger partial charge in [0.05, 0.1) is 0 Å². The van der Waals surface area contributed by atoms with Crippen molar-refractivity contribution in [2.75, 3.05) is 0 Å². The van der Waals surface area contributed by atoms with Gasteiger partial charge in [0.25, 0.3) is 0 Å². The maximum absolute atomic E-state index is 5.23. The lowest BCUT2D eigenvalue weighted by molar-refractivity contribution is 0.338. The molecule has 1 aliphatic heterocycles. The Bertz CT molecular complexity index is 444. The molecule has 1 aromatic rings. The summed E-state index contributed by atoms with van der Waals surface area (Å²) < 4.78 is 5.23. The van der Waals surface area contributed by atoms with Crippen LogP contribution in [0, 0.1) is 6.92 Å². The van der Waals surface area contributed by atoms with Gasteiger partial charge in [-0.25, -0.2) is 0 Å². The highest BCUT2D eigenvalue weighted by molar-refractivity contribution is 5.67. The molecule has 1 aliphatic carbocycles. The summed E-state index contributed by atoms with van der Waals surface area (Å²) in [7, 11) is 0. The minimum atomic E-state index is 0.409. The number of allylic oxidation sites excluding steroid dienone is 2. The summed E-state index contributed by atoms with van der Waals surface area (Å²) in [6.45, 7) is 1.86. The van der Waals surface area contributed by atoms with Crippen LogP contribution in [0.1, 0.15) is 43.3 Å². The van der Waals surface area contributed by atoms with Crippen molar-refractivity contribution >= 4 is 6.21 Å². The highest BCUT2D eigenvalue weighted by atomic mass is 16.5. The molecule has 2 heterocycles. The fourth-order valence-electron chi connectivity index (χ4n) is 2.32. The molecule has 0 fully saturated rings. The molecule has 0 aromatic carbocycles. The Morgan fingerprint density at radius 2 is 2.40 bits per heavy atom. The fourth-order valence-corrected chi connectivity index (χ4v) is 2.32. The van der Waals surface area contributed by atoms with E-state index in [4.69, 9.17) is 4.52 Å². The minimum absolute atomic E-state index is 0.409. The van der Waals surface area contributed by atoms with Crippen molar-refractivity contribution in [1.82, 2.24) is 10.1 Å². The van der Waals surface area contributed by atoms with Crippen molar-refractivity contribution in [2.24, 2.45) is 4.99 Å². The van der Waals surface area contributed by atoms with Crippen LogP contribution < -0.4 is 0 Å². The number of aryl methyl sites for hydroxylation is 1. The zero-order valence-corrected chi connectivity index (χ0v) is 8.73. The van der Waals surface area contributed by atoms with Crippen LogP contribution in [0.5, 0.6) is 0 Å². The fraction of sp³-hybridized carbons (Fsp3) is 0.545. The molecule has 3 rings (SSSR count). The van der Waals surface area contributed by atoms with Gasteiger partial charge in [-0.15, -0.1) is 0 Å². The molecule has 4 nitrogen and oxygen atoms in total. The predicted octanol–water partition coefficient (Wildman–Crippen LogP) is 2.37. The second-order valence-electron chi connectivity index (χ2n) is 4.19. The monoisotopic (exact) mass is 203 g/mol. The molecule has 0 N–H and O–H groups in total. The second-order valence-corrected chi connectivity index (χ2v) is 4.19. The van der Waals surface area contributed by atoms with E-state index in [0.717, 1.165) is 37.4 Å². The summed E-state index contributed by atoms with van der Waals surface area (Å²) in [5.41, 5.74) is 2.75. The van der Waals surface area contributed by atoms with E-state index < -0.39 is 0 Å². The van der Waals surface area contributed by atoms with E-state index in [1.54, 1.807) is 0 Å². The summed E-state index contributed by atoms with van der Waals surface area (Å²) in [5, 5.41) is 3.84. The van der Waals surface area contributed by atoms with E-state index in [0.29, 0.717) is 5.92 Å². The van der Waals surface area contributed by atoms with Gasteiger partial charge >= 0.3 is 0 Å². The van der Waals surface area contributed by atoms with Crippen LogP contribution in [-0.4, -0.2) is 16.4 Å². The Morgan fingerprint density at radius 3 is 3.20 bits per heavy atom. The number of aromatic nitrogens is 2. The lowest BCUT2D eigenvalue weighted by Gasteiger charge is -2.19. The van der Waals surface area contributed by atoms with Gasteiger partial charge in [-0.2, -0.15) is 4.98 Å². The molecule has 78 valence electrons. The Kier molecular flexibility index (Phi) is 1.94. The Labute approximate surface area is 88.1 Å². The normalized spacial score (nSPS) is 24.7. The molecule has 1 aromatic heterocycles. The average Bonchev–Trinajstić information content (AvgIpc) is 2.84. The molecule has 4 heteroatoms. The third-order valence-corrected chi connectivity index (χ3v) is 3.11. The lowest BCUT2D eigenvalue weighted by atomic mass is 9.86. The highest BCUT2D eigenvalue weighted by Gasteiger charge is 2.27. The van der Waals surface area contributed by atoms with Gasteiger partial charge < -0.3 is 4.52 Å². The van der Waals surface area contributed by atoms with Crippen molar-refractivity contribution in [2.45, 2.75) is 38.5 Å². The lowest BCUT2D eigenvalue weighted by Crippen LogP contribution is -2.07. The van der Waals surface area contributed by atoms with Crippen LogP contribution in [0.2, 0.25) is 0 Å². The molecule has 0 saturated heterocycles. The van der Waals surface area contributed by atoms with E-state index >= 15 is 0 Å². The Balaban J connectivity index is 1.81. The maximum Gasteiger partial charge on any atom is 0.230 e. The van der Waals surface area contributed by atoms with Crippen molar-refractivity contribution < 1.29 is 4.52 Å². The topological polar surface area (TPSA) is 51.3 Å². The number of nitrogens with zero attached hydrogens (tertiary/aromatic N) is 3. The largest absolute Gasteiger partial charge is 0.339 e. The van der Waals surface area contributed by atoms with Crippen LogP contribution in [-0.2, 0) is 0 Å². The first-order chi connectivity index (χ1) is 7.33. The summed E-state index contributed by atoms with van der Waals surface area (Å²) in [6.07, 6.45) is 6.19. The highest BCUT2D eigenvalue weighted by Crippen LogP contribution is 2.38. The summed E-state index contributed by atoms with van der Waals surface area (Å²) in [4.78, 5) is 8.69. The quantitative estimate of drug-likeness (QED) is 0.704. The summed E-state index contributed by atoms with van der Waals surface area (Å²) >= 11 is 0. The third kappa shape index (κ3) is 1.50. The number of hydrogen-bond acceptors (Lipinski definition) is 4. The van der Waals surface area contributed by atoms with E-state index in [-0.39, 0.29) is 0 Å². The zero-order valence-electron chi connectivity index (χ0n) is 8.73. The van der Waals surface area contributed by atoms with Crippen LogP contribution in [0.15, 0.2) is 20.8 Å². The first-order valence-corrected chi connectivity index (χ1v) is 5.36. The van der Waals surface area contributed by atoms with Crippen LogP contribution in [0.3, 0.4) is 0 Å². The Morgan fingerprint density at radius 1 is 1.47 bits per heavy atom. The molecule has 0 bridgehead atoms. The number of aliphatic imine (C=N–C) groups is 1. The smallest absolute Gasteiger partial charge is 0.230 e. The molecule has 1 atom stereocenters. The van der Waals surface area contributed by atoms with Gasteiger partial charge in [0.2, 0.25) is 5.89 Å². The van der Waals surface area contributed by atoms with Gasteiger partial charge in [0.1, 0.15) is 0 Å². The van der Waals surface area contributed by atoms with Crippen molar-refractivity contribution in [3.8, 4) is 0 Å². The Hall–Kier alpha value is -1.45. The van der Waals surface area contributed by atoms with Gasteiger partial charge in [0, 0.05) is 24.3 Å². The molecule has 0 amide bonds. The van der Waals surface area contributed by atoms with Crippen LogP contribution in [0.4, 0.5) is 0 Å². The third-order valence-electron chi connectivity index (χ3n) is 3.11. The zero-order chi connectivity index (χ0) is 10.3. The first-order valence-electron chi connectivity index (χ1n) is 5.36. The van der Waals surface area contributed by atoms with E-state index in [2.05, 4.69) is 15.1 Å². The average molecular weight is 203 g/mol. The predicted molar refractivity (Wildman–Crippen MR) is 55.8 cm³/mol. The standard InChI is InChI=1S/C11H13N3O/c1-7-13-11(15-14-7)9-2-3-10-8(6-9)4-5-12-10/h5,9H,2-4,6H2,1H3. The number of hydrogen-bond donors (Lipinski definition) is 0. The molecule has 2 aliphatic rings. The van der Waals surface area contributed by atoms with Crippen LogP contribution >= 0.6 is 0 Å². The van der Waals surface area contributed by atoms with Crippen LogP contribution in [0.25, 0.3) is 0 Å².